The molecule has 6 nitrogen and oxygen atoms in total. The average Bonchev–Trinajstić information content (AvgIpc) is 3.14. The van der Waals surface area contributed by atoms with Crippen LogP contribution >= 0.6 is 11.3 Å². The quantitative estimate of drug-likeness (QED) is 0.566. The van der Waals surface area contributed by atoms with E-state index in [0.29, 0.717) is 11.6 Å². The summed E-state index contributed by atoms with van der Waals surface area (Å²) < 4.78 is 0. The van der Waals surface area contributed by atoms with E-state index in [-0.39, 0.29) is 0 Å². The lowest BCUT2D eigenvalue weighted by Gasteiger charge is -2.00. The topological polar surface area (TPSA) is 69.4 Å². The monoisotopic (exact) mass is 322 g/mol. The lowest BCUT2D eigenvalue weighted by atomic mass is 10.1. The van der Waals surface area contributed by atoms with Crippen molar-refractivity contribution in [2.45, 2.75) is 20.8 Å². The molecule has 0 aliphatic rings. The maximum atomic E-state index is 4.49. The number of benzene rings is 1. The highest BCUT2D eigenvalue weighted by atomic mass is 32.1. The number of tetrazole rings is 1. The molecule has 4 aromatic rings. The molecule has 0 bridgehead atoms. The molecule has 0 atom stereocenters. The molecule has 0 N–H and O–H groups in total. The number of rotatable bonds is 2. The number of aromatic nitrogens is 6. The van der Waals surface area contributed by atoms with Crippen molar-refractivity contribution in [3.05, 3.63) is 46.6 Å². The van der Waals surface area contributed by atoms with E-state index in [2.05, 4.69) is 39.2 Å². The van der Waals surface area contributed by atoms with E-state index in [1.807, 2.05) is 31.2 Å². The number of hydrogen-bond acceptors (Lipinski definition) is 6. The van der Waals surface area contributed by atoms with Crippen molar-refractivity contribution in [2.24, 2.45) is 0 Å². The summed E-state index contributed by atoms with van der Waals surface area (Å²) in [5.41, 5.74) is 3.29. The molecular weight excluding hydrogens is 308 g/mol. The van der Waals surface area contributed by atoms with Gasteiger partial charge in [-0.25, -0.2) is 9.97 Å². The lowest BCUT2D eigenvalue weighted by Crippen LogP contribution is -2.03. The Morgan fingerprint density at radius 2 is 1.78 bits per heavy atom. The molecule has 3 aromatic heterocycles. The zero-order chi connectivity index (χ0) is 16.0. The summed E-state index contributed by atoms with van der Waals surface area (Å²) in [6.07, 6.45) is 1.54. The molecule has 0 fully saturated rings. The Kier molecular flexibility index (Phi) is 3.16. The van der Waals surface area contributed by atoms with Crippen LogP contribution in [0.5, 0.6) is 0 Å². The smallest absolute Gasteiger partial charge is 0.205 e. The Labute approximate surface area is 136 Å². The molecule has 114 valence electrons. The minimum absolute atomic E-state index is 0.585. The molecule has 0 spiro atoms. The van der Waals surface area contributed by atoms with Crippen LogP contribution in [0.25, 0.3) is 27.4 Å². The third kappa shape index (κ3) is 2.29. The Hall–Kier alpha value is -2.67. The van der Waals surface area contributed by atoms with E-state index in [9.17, 15) is 0 Å². The first-order chi connectivity index (χ1) is 11.1. The molecule has 7 heteroatoms. The highest BCUT2D eigenvalue weighted by Crippen LogP contribution is 2.31. The highest BCUT2D eigenvalue weighted by Gasteiger charge is 2.16. The molecule has 0 aliphatic carbocycles. The zero-order valence-electron chi connectivity index (χ0n) is 13.0. The molecule has 0 aliphatic heterocycles. The van der Waals surface area contributed by atoms with Gasteiger partial charge in [-0.1, -0.05) is 29.8 Å². The molecule has 23 heavy (non-hydrogen) atoms. The number of nitrogens with zero attached hydrogens (tertiary/aromatic N) is 6. The van der Waals surface area contributed by atoms with Crippen molar-refractivity contribution in [1.82, 2.24) is 30.2 Å². The van der Waals surface area contributed by atoms with Gasteiger partial charge >= 0.3 is 0 Å². The fraction of sp³-hybridized carbons (Fsp3) is 0.188. The van der Waals surface area contributed by atoms with Crippen LogP contribution in [-0.2, 0) is 0 Å². The second-order valence-electron chi connectivity index (χ2n) is 5.43. The average molecular weight is 322 g/mol. The van der Waals surface area contributed by atoms with Gasteiger partial charge in [0.05, 0.1) is 5.39 Å². The first-order valence-corrected chi connectivity index (χ1v) is 8.03. The zero-order valence-corrected chi connectivity index (χ0v) is 13.8. The third-order valence-corrected chi connectivity index (χ3v) is 4.97. The molecule has 0 amide bonds. The van der Waals surface area contributed by atoms with Gasteiger partial charge in [0.2, 0.25) is 5.82 Å². The van der Waals surface area contributed by atoms with E-state index < -0.39 is 0 Å². The molecular formula is C16H14N6S. The predicted molar refractivity (Wildman–Crippen MR) is 89.8 cm³/mol. The summed E-state index contributed by atoms with van der Waals surface area (Å²) in [4.78, 5) is 12.4. The standard InChI is InChI=1S/C16H14N6S/c1-9-4-6-12(7-5-9)14-19-21-22(20-14)15-13-10(2)11(3)23-16(13)18-8-17-15/h4-8H,1-3H3. The molecule has 3 heterocycles. The van der Waals surface area contributed by atoms with Crippen LogP contribution in [0.3, 0.4) is 0 Å². The number of fused-ring (bicyclic) bond motifs is 1. The maximum Gasteiger partial charge on any atom is 0.205 e. The summed E-state index contributed by atoms with van der Waals surface area (Å²) in [7, 11) is 0. The summed E-state index contributed by atoms with van der Waals surface area (Å²) >= 11 is 1.65. The third-order valence-electron chi connectivity index (χ3n) is 3.86. The van der Waals surface area contributed by atoms with E-state index in [1.54, 1.807) is 17.7 Å². The molecule has 0 radical (unpaired) electrons. The van der Waals surface area contributed by atoms with Crippen molar-refractivity contribution >= 4 is 21.6 Å². The Balaban J connectivity index is 1.85. The van der Waals surface area contributed by atoms with Crippen LogP contribution in [0.2, 0.25) is 0 Å². The van der Waals surface area contributed by atoms with Gasteiger partial charge in [0.25, 0.3) is 0 Å². The molecule has 0 unspecified atom stereocenters. The Bertz CT molecular complexity index is 999. The summed E-state index contributed by atoms with van der Waals surface area (Å²) in [5.74, 6) is 1.25. The van der Waals surface area contributed by atoms with Gasteiger partial charge in [0.1, 0.15) is 11.2 Å². The summed E-state index contributed by atoms with van der Waals surface area (Å²) in [6.45, 7) is 6.20. The molecule has 0 saturated heterocycles. The number of thiophene rings is 1. The van der Waals surface area contributed by atoms with Gasteiger partial charge in [-0.15, -0.1) is 26.3 Å². The van der Waals surface area contributed by atoms with Crippen LogP contribution in [0.4, 0.5) is 0 Å². The van der Waals surface area contributed by atoms with Crippen molar-refractivity contribution in [2.75, 3.05) is 0 Å². The van der Waals surface area contributed by atoms with Crippen molar-refractivity contribution in [3.8, 4) is 17.2 Å². The predicted octanol–water partition coefficient (Wildman–Crippen LogP) is 3.26. The molecule has 4 rings (SSSR count). The first-order valence-electron chi connectivity index (χ1n) is 7.21. The van der Waals surface area contributed by atoms with Crippen LogP contribution < -0.4 is 0 Å². The number of hydrogen-bond donors (Lipinski definition) is 0. The minimum Gasteiger partial charge on any atom is -0.225 e. The largest absolute Gasteiger partial charge is 0.225 e. The maximum absolute atomic E-state index is 4.49. The van der Waals surface area contributed by atoms with E-state index in [1.165, 1.54) is 15.2 Å². The fourth-order valence-electron chi connectivity index (χ4n) is 2.44. The van der Waals surface area contributed by atoms with E-state index in [4.69, 9.17) is 0 Å². The van der Waals surface area contributed by atoms with Gasteiger partial charge in [0.15, 0.2) is 5.82 Å². The summed E-state index contributed by atoms with van der Waals surface area (Å²) in [6, 6.07) is 8.05. The van der Waals surface area contributed by atoms with Crippen LogP contribution in [0.1, 0.15) is 16.0 Å². The van der Waals surface area contributed by atoms with Gasteiger partial charge < -0.3 is 0 Å². The van der Waals surface area contributed by atoms with Crippen molar-refractivity contribution < 1.29 is 0 Å². The van der Waals surface area contributed by atoms with Gasteiger partial charge in [-0.2, -0.15) is 0 Å². The van der Waals surface area contributed by atoms with Gasteiger partial charge in [-0.05, 0) is 31.5 Å². The molecule has 1 aromatic carbocycles. The summed E-state index contributed by atoms with van der Waals surface area (Å²) in [5, 5.41) is 13.8. The van der Waals surface area contributed by atoms with Crippen LogP contribution in [0, 0.1) is 20.8 Å². The van der Waals surface area contributed by atoms with E-state index in [0.717, 1.165) is 21.3 Å². The lowest BCUT2D eigenvalue weighted by molar-refractivity contribution is 0.704. The van der Waals surface area contributed by atoms with Gasteiger partial charge in [-0.3, -0.25) is 0 Å². The van der Waals surface area contributed by atoms with E-state index >= 15 is 0 Å². The highest BCUT2D eigenvalue weighted by molar-refractivity contribution is 7.18. The normalized spacial score (nSPS) is 11.3. The second kappa shape index (κ2) is 5.20. The van der Waals surface area contributed by atoms with Crippen molar-refractivity contribution in [1.29, 1.82) is 0 Å². The van der Waals surface area contributed by atoms with Crippen LogP contribution in [-0.4, -0.2) is 30.2 Å². The second-order valence-corrected chi connectivity index (χ2v) is 6.63. The number of aryl methyl sites for hydroxylation is 3. The SMILES string of the molecule is Cc1ccc(-c2nnn(-c3ncnc4sc(C)c(C)c34)n2)cc1. The van der Waals surface area contributed by atoms with Crippen molar-refractivity contribution in [3.63, 3.8) is 0 Å². The molecule has 0 saturated carbocycles. The Morgan fingerprint density at radius 1 is 1.00 bits per heavy atom. The first kappa shape index (κ1) is 14.0. The Morgan fingerprint density at radius 3 is 2.57 bits per heavy atom. The van der Waals surface area contributed by atoms with Crippen LogP contribution in [0.15, 0.2) is 30.6 Å². The minimum atomic E-state index is 0.585. The fourth-order valence-corrected chi connectivity index (χ4v) is 3.43. The van der Waals surface area contributed by atoms with Gasteiger partial charge in [0, 0.05) is 10.4 Å².